The van der Waals surface area contributed by atoms with E-state index in [-0.39, 0.29) is 22.8 Å². The normalized spacial score (nSPS) is 10.5. The second-order valence-electron chi connectivity index (χ2n) is 6.26. The lowest BCUT2D eigenvalue weighted by atomic mass is 9.98. The molecule has 1 amide bonds. The predicted molar refractivity (Wildman–Crippen MR) is 109 cm³/mol. The maximum Gasteiger partial charge on any atom is 0.338 e. The number of hydrogen-bond donors (Lipinski definition) is 3. The van der Waals surface area contributed by atoms with E-state index in [1.165, 1.54) is 0 Å². The number of carboxylic acid groups (broad SMARTS) is 1. The van der Waals surface area contributed by atoms with Crippen molar-refractivity contribution in [2.45, 2.75) is 13.5 Å². The van der Waals surface area contributed by atoms with Crippen molar-refractivity contribution in [1.29, 1.82) is 0 Å². The van der Waals surface area contributed by atoms with Crippen molar-refractivity contribution in [3.8, 4) is 11.1 Å². The lowest BCUT2D eigenvalue weighted by Crippen LogP contribution is -2.16. The summed E-state index contributed by atoms with van der Waals surface area (Å²) >= 11 is 6.24. The van der Waals surface area contributed by atoms with Crippen LogP contribution < -0.4 is 11.1 Å². The zero-order chi connectivity index (χ0) is 20.3. The van der Waals surface area contributed by atoms with Gasteiger partial charge in [-0.15, -0.1) is 0 Å². The molecular weight excluding hydrogens is 378 g/mol. The highest BCUT2D eigenvalue weighted by Crippen LogP contribution is 2.35. The molecule has 3 aromatic rings. The van der Waals surface area contributed by atoms with E-state index in [2.05, 4.69) is 10.3 Å². The van der Waals surface area contributed by atoms with Crippen LogP contribution >= 0.6 is 11.6 Å². The van der Waals surface area contributed by atoms with Crippen LogP contribution in [0.4, 0.5) is 5.69 Å². The molecule has 0 aliphatic rings. The van der Waals surface area contributed by atoms with E-state index >= 15 is 0 Å². The number of aryl methyl sites for hydroxylation is 1. The highest BCUT2D eigenvalue weighted by atomic mass is 35.5. The Morgan fingerprint density at radius 3 is 2.64 bits per heavy atom. The van der Waals surface area contributed by atoms with Crippen LogP contribution in [0.5, 0.6) is 0 Å². The molecule has 1 heterocycles. The van der Waals surface area contributed by atoms with Gasteiger partial charge < -0.3 is 16.2 Å². The fraction of sp³-hybridized carbons (Fsp3) is 0.0952. The number of rotatable bonds is 5. The number of nitrogens with zero attached hydrogens (tertiary/aromatic N) is 1. The van der Waals surface area contributed by atoms with Crippen LogP contribution in [0.15, 0.2) is 54.9 Å². The van der Waals surface area contributed by atoms with E-state index in [4.69, 9.17) is 17.3 Å². The van der Waals surface area contributed by atoms with Crippen LogP contribution in [0.1, 0.15) is 31.8 Å². The number of aromatic nitrogens is 1. The van der Waals surface area contributed by atoms with Crippen molar-refractivity contribution >= 4 is 29.2 Å². The zero-order valence-electron chi connectivity index (χ0n) is 15.1. The Balaban J connectivity index is 2.08. The number of carbonyl (C=O) groups excluding carboxylic acids is 1. The molecule has 0 saturated heterocycles. The second kappa shape index (κ2) is 8.21. The van der Waals surface area contributed by atoms with Gasteiger partial charge in [-0.05, 0) is 47.9 Å². The molecular formula is C21H18ClN3O3. The van der Waals surface area contributed by atoms with Crippen LogP contribution in [0.2, 0.25) is 5.02 Å². The first-order valence-corrected chi connectivity index (χ1v) is 8.86. The topological polar surface area (TPSA) is 105 Å². The number of pyridine rings is 1. The minimum atomic E-state index is -1.20. The summed E-state index contributed by atoms with van der Waals surface area (Å²) in [6, 6.07) is 11.8. The van der Waals surface area contributed by atoms with Gasteiger partial charge in [0, 0.05) is 30.1 Å². The van der Waals surface area contributed by atoms with Gasteiger partial charge in [-0.1, -0.05) is 29.8 Å². The summed E-state index contributed by atoms with van der Waals surface area (Å²) in [5.74, 6) is -1.68. The number of anilines is 1. The smallest absolute Gasteiger partial charge is 0.338 e. The molecule has 0 atom stereocenters. The minimum absolute atomic E-state index is 0.0383. The Morgan fingerprint density at radius 1 is 1.18 bits per heavy atom. The Morgan fingerprint density at radius 2 is 1.96 bits per heavy atom. The molecule has 4 N–H and O–H groups in total. The first-order chi connectivity index (χ1) is 13.4. The summed E-state index contributed by atoms with van der Waals surface area (Å²) in [6.45, 7) is 2.15. The van der Waals surface area contributed by atoms with Gasteiger partial charge in [-0.2, -0.15) is 0 Å². The fourth-order valence-electron chi connectivity index (χ4n) is 2.89. The lowest BCUT2D eigenvalue weighted by molar-refractivity contribution is 0.0699. The summed E-state index contributed by atoms with van der Waals surface area (Å²) in [5.41, 5.74) is 8.63. The molecule has 0 radical (unpaired) electrons. The maximum absolute atomic E-state index is 12.7. The molecule has 7 heteroatoms. The standard InChI is InChI=1S/C21H18ClN3O3/c1-12-7-15(11-24-10-12)16-5-6-17(22)19(18(16)21(27)28)25-20(26)14-4-2-3-13(8-14)9-23/h2-8,10-11H,9,23H2,1H3,(H,25,26)(H,27,28). The molecule has 0 aliphatic carbocycles. The van der Waals surface area contributed by atoms with E-state index < -0.39 is 11.9 Å². The van der Waals surface area contributed by atoms with Crippen molar-refractivity contribution < 1.29 is 14.7 Å². The number of halogens is 1. The third-order valence-electron chi connectivity index (χ3n) is 4.22. The average Bonchev–Trinajstić information content (AvgIpc) is 2.69. The molecule has 0 fully saturated rings. The molecule has 0 spiro atoms. The first-order valence-electron chi connectivity index (χ1n) is 8.49. The van der Waals surface area contributed by atoms with Crippen molar-refractivity contribution in [3.63, 3.8) is 0 Å². The van der Waals surface area contributed by atoms with Crippen molar-refractivity contribution in [2.75, 3.05) is 5.32 Å². The van der Waals surface area contributed by atoms with Gasteiger partial charge in [0.25, 0.3) is 5.91 Å². The molecule has 142 valence electrons. The summed E-state index contributed by atoms with van der Waals surface area (Å²) in [7, 11) is 0. The number of benzene rings is 2. The Hall–Kier alpha value is -3.22. The van der Waals surface area contributed by atoms with E-state index in [1.54, 1.807) is 48.8 Å². The molecule has 3 rings (SSSR count). The quantitative estimate of drug-likeness (QED) is 0.602. The maximum atomic E-state index is 12.7. The Bertz CT molecular complexity index is 1070. The largest absolute Gasteiger partial charge is 0.478 e. The fourth-order valence-corrected chi connectivity index (χ4v) is 3.09. The predicted octanol–water partition coefficient (Wildman–Crippen LogP) is 4.12. The third kappa shape index (κ3) is 4.03. The van der Waals surface area contributed by atoms with E-state index in [1.807, 2.05) is 13.0 Å². The van der Waals surface area contributed by atoms with Gasteiger partial charge in [-0.3, -0.25) is 9.78 Å². The van der Waals surface area contributed by atoms with E-state index in [0.717, 1.165) is 11.1 Å². The average molecular weight is 396 g/mol. The number of carbonyl (C=O) groups is 2. The number of aromatic carboxylic acids is 1. The van der Waals surface area contributed by atoms with Gasteiger partial charge in [0.2, 0.25) is 0 Å². The Labute approximate surface area is 167 Å². The van der Waals surface area contributed by atoms with Crippen molar-refractivity contribution in [3.05, 3.63) is 82.1 Å². The number of nitrogens with one attached hydrogen (secondary N) is 1. The van der Waals surface area contributed by atoms with E-state index in [0.29, 0.717) is 16.7 Å². The zero-order valence-corrected chi connectivity index (χ0v) is 15.8. The third-order valence-corrected chi connectivity index (χ3v) is 4.53. The van der Waals surface area contributed by atoms with Gasteiger partial charge in [0.05, 0.1) is 16.3 Å². The molecule has 6 nitrogen and oxygen atoms in total. The minimum Gasteiger partial charge on any atom is -0.478 e. The van der Waals surface area contributed by atoms with E-state index in [9.17, 15) is 14.7 Å². The molecule has 0 bridgehead atoms. The molecule has 28 heavy (non-hydrogen) atoms. The lowest BCUT2D eigenvalue weighted by Gasteiger charge is -2.15. The van der Waals surface area contributed by atoms with Crippen LogP contribution in [0, 0.1) is 6.92 Å². The monoisotopic (exact) mass is 395 g/mol. The van der Waals surface area contributed by atoms with Crippen LogP contribution in [-0.2, 0) is 6.54 Å². The number of carboxylic acids is 1. The van der Waals surface area contributed by atoms with Gasteiger partial charge in [-0.25, -0.2) is 4.79 Å². The number of nitrogens with two attached hydrogens (primary N) is 1. The summed E-state index contributed by atoms with van der Waals surface area (Å²) in [5, 5.41) is 12.6. The SMILES string of the molecule is Cc1cncc(-c2ccc(Cl)c(NC(=O)c3cccc(CN)c3)c2C(=O)O)c1. The summed E-state index contributed by atoms with van der Waals surface area (Å²) < 4.78 is 0. The highest BCUT2D eigenvalue weighted by Gasteiger charge is 2.22. The van der Waals surface area contributed by atoms with Gasteiger partial charge in [0.1, 0.15) is 0 Å². The van der Waals surface area contributed by atoms with Crippen LogP contribution in [-0.4, -0.2) is 22.0 Å². The first kappa shape index (κ1) is 19.5. The van der Waals surface area contributed by atoms with Crippen LogP contribution in [0.3, 0.4) is 0 Å². The van der Waals surface area contributed by atoms with Gasteiger partial charge in [0.15, 0.2) is 0 Å². The summed E-state index contributed by atoms with van der Waals surface area (Å²) in [4.78, 5) is 28.8. The molecule has 0 saturated carbocycles. The highest BCUT2D eigenvalue weighted by molar-refractivity contribution is 6.35. The Kier molecular flexibility index (Phi) is 5.73. The summed E-state index contributed by atoms with van der Waals surface area (Å²) in [6.07, 6.45) is 3.24. The van der Waals surface area contributed by atoms with Crippen molar-refractivity contribution in [2.24, 2.45) is 5.73 Å². The molecule has 2 aromatic carbocycles. The molecule has 1 aromatic heterocycles. The molecule has 0 aliphatic heterocycles. The number of amides is 1. The van der Waals surface area contributed by atoms with Crippen molar-refractivity contribution in [1.82, 2.24) is 4.98 Å². The molecule has 0 unspecified atom stereocenters. The van der Waals surface area contributed by atoms with Gasteiger partial charge >= 0.3 is 5.97 Å². The number of hydrogen-bond acceptors (Lipinski definition) is 4. The van der Waals surface area contributed by atoms with Crippen LogP contribution in [0.25, 0.3) is 11.1 Å². The second-order valence-corrected chi connectivity index (χ2v) is 6.67.